The molecule has 0 atom stereocenters. The lowest BCUT2D eigenvalue weighted by atomic mass is 10.2. The van der Waals surface area contributed by atoms with Gasteiger partial charge in [0.15, 0.2) is 17.4 Å². The highest BCUT2D eigenvalue weighted by atomic mass is 19.1. The summed E-state index contributed by atoms with van der Waals surface area (Å²) in [4.78, 5) is 12.5. The predicted octanol–water partition coefficient (Wildman–Crippen LogP) is 3.82. The molecule has 29 heavy (non-hydrogen) atoms. The zero-order valence-corrected chi connectivity index (χ0v) is 14.8. The minimum Gasteiger partial charge on any atom is -0.359 e. The molecular formula is C20H12F2N6O. The first-order chi connectivity index (χ1) is 14.2. The Hall–Kier alpha value is -4.01. The number of aromatic nitrogens is 6. The van der Waals surface area contributed by atoms with E-state index in [-0.39, 0.29) is 12.4 Å². The lowest BCUT2D eigenvalue weighted by Crippen LogP contribution is -2.04. The van der Waals surface area contributed by atoms with Gasteiger partial charge in [0.25, 0.3) is 0 Å². The summed E-state index contributed by atoms with van der Waals surface area (Å²) in [5.74, 6) is -0.0804. The van der Waals surface area contributed by atoms with E-state index in [2.05, 4.69) is 25.2 Å². The van der Waals surface area contributed by atoms with Gasteiger partial charge in [-0.05, 0) is 18.2 Å². The van der Waals surface area contributed by atoms with Crippen LogP contribution in [0.15, 0.2) is 65.7 Å². The summed E-state index contributed by atoms with van der Waals surface area (Å²) in [5, 5.41) is 8.19. The number of benzene rings is 1. The molecule has 7 nitrogen and oxygen atoms in total. The van der Waals surface area contributed by atoms with E-state index in [9.17, 15) is 8.78 Å². The van der Waals surface area contributed by atoms with Crippen LogP contribution in [0.5, 0.6) is 0 Å². The molecule has 2 aliphatic rings. The monoisotopic (exact) mass is 390 g/mol. The Kier molecular flexibility index (Phi) is 4.05. The zero-order chi connectivity index (χ0) is 19.8. The van der Waals surface area contributed by atoms with E-state index in [0.717, 1.165) is 6.20 Å². The van der Waals surface area contributed by atoms with Crippen molar-refractivity contribution in [2.75, 3.05) is 0 Å². The Morgan fingerprint density at radius 3 is 2.62 bits per heavy atom. The molecule has 5 rings (SSSR count). The van der Waals surface area contributed by atoms with Crippen LogP contribution in [-0.2, 0) is 6.54 Å². The SMILES string of the molecule is Fc1cnccc1-c1cc(Cn2cc3nc(-c4ccccc4F)nc-3cn2)on1. The number of hydrogen-bond acceptors (Lipinski definition) is 6. The van der Waals surface area contributed by atoms with Gasteiger partial charge in [0.2, 0.25) is 0 Å². The average Bonchev–Trinajstić information content (AvgIpc) is 3.35. The van der Waals surface area contributed by atoms with Crippen LogP contribution in [0.2, 0.25) is 0 Å². The molecule has 0 aliphatic carbocycles. The number of nitrogens with zero attached hydrogens (tertiary/aromatic N) is 6. The lowest BCUT2D eigenvalue weighted by molar-refractivity contribution is 0.372. The Bertz CT molecular complexity index is 1280. The van der Waals surface area contributed by atoms with Crippen molar-refractivity contribution in [3.8, 4) is 34.0 Å². The van der Waals surface area contributed by atoms with Crippen molar-refractivity contribution >= 4 is 0 Å². The lowest BCUT2D eigenvalue weighted by Gasteiger charge is -2.03. The molecule has 0 saturated carbocycles. The number of pyridine rings is 1. The van der Waals surface area contributed by atoms with Gasteiger partial charge in [-0.2, -0.15) is 5.10 Å². The van der Waals surface area contributed by atoms with E-state index in [1.807, 2.05) is 0 Å². The van der Waals surface area contributed by atoms with E-state index in [1.54, 1.807) is 41.3 Å². The molecular weight excluding hydrogens is 378 g/mol. The summed E-state index contributed by atoms with van der Waals surface area (Å²) in [7, 11) is 0. The molecule has 0 radical (unpaired) electrons. The molecule has 0 unspecified atom stereocenters. The van der Waals surface area contributed by atoms with Gasteiger partial charge in [-0.1, -0.05) is 17.3 Å². The first kappa shape index (κ1) is 17.1. The van der Waals surface area contributed by atoms with Gasteiger partial charge in [-0.3, -0.25) is 9.67 Å². The number of imidazole rings is 1. The molecule has 4 heterocycles. The average molecular weight is 390 g/mol. The fraction of sp³-hybridized carbons (Fsp3) is 0.0500. The molecule has 0 fully saturated rings. The smallest absolute Gasteiger partial charge is 0.163 e. The Balaban J connectivity index is 1.43. The van der Waals surface area contributed by atoms with Gasteiger partial charge in [0.05, 0.1) is 24.2 Å². The number of rotatable bonds is 4. The Labute approximate surface area is 163 Å². The standard InChI is InChI=1S/C20H12F2N6O/c21-15-4-2-1-3-14(15)20-25-18-9-24-28(11-19(18)26-20)10-12-7-17(27-29-12)13-5-6-23-8-16(13)22/h1-9,11H,10H2. The minimum absolute atomic E-state index is 0.261. The number of hydrogen-bond donors (Lipinski definition) is 0. The van der Waals surface area contributed by atoms with Crippen LogP contribution in [0.25, 0.3) is 34.0 Å². The van der Waals surface area contributed by atoms with Crippen LogP contribution < -0.4 is 0 Å². The van der Waals surface area contributed by atoms with E-state index < -0.39 is 5.82 Å². The van der Waals surface area contributed by atoms with Crippen LogP contribution >= 0.6 is 0 Å². The third-order valence-corrected chi connectivity index (χ3v) is 4.35. The van der Waals surface area contributed by atoms with E-state index >= 15 is 0 Å². The molecule has 2 aliphatic heterocycles. The van der Waals surface area contributed by atoms with Gasteiger partial charge in [0, 0.05) is 17.8 Å². The molecule has 3 aromatic rings. The molecule has 142 valence electrons. The molecule has 0 amide bonds. The second-order valence-electron chi connectivity index (χ2n) is 6.30. The second kappa shape index (κ2) is 6.86. The molecule has 0 N–H and O–H groups in total. The van der Waals surface area contributed by atoms with Crippen LogP contribution in [0.3, 0.4) is 0 Å². The molecule has 0 saturated heterocycles. The Morgan fingerprint density at radius 2 is 1.76 bits per heavy atom. The highest BCUT2D eigenvalue weighted by molar-refractivity contribution is 5.65. The maximum absolute atomic E-state index is 14.0. The van der Waals surface area contributed by atoms with Gasteiger partial charge in [0.1, 0.15) is 29.4 Å². The van der Waals surface area contributed by atoms with E-state index in [0.29, 0.717) is 39.8 Å². The highest BCUT2D eigenvalue weighted by Gasteiger charge is 2.17. The third kappa shape index (κ3) is 3.22. The van der Waals surface area contributed by atoms with Gasteiger partial charge in [-0.25, -0.2) is 18.7 Å². The van der Waals surface area contributed by atoms with Crippen molar-refractivity contribution in [1.82, 2.24) is 29.9 Å². The van der Waals surface area contributed by atoms with Crippen molar-refractivity contribution in [3.63, 3.8) is 0 Å². The summed E-state index contributed by atoms with van der Waals surface area (Å²) < 4.78 is 34.7. The fourth-order valence-electron chi connectivity index (χ4n) is 2.97. The quantitative estimate of drug-likeness (QED) is 0.464. The fourth-order valence-corrected chi connectivity index (χ4v) is 2.97. The zero-order valence-electron chi connectivity index (χ0n) is 14.8. The van der Waals surface area contributed by atoms with Gasteiger partial charge < -0.3 is 4.52 Å². The summed E-state index contributed by atoms with van der Waals surface area (Å²) in [6.07, 6.45) is 5.84. The van der Waals surface area contributed by atoms with Crippen molar-refractivity contribution in [1.29, 1.82) is 0 Å². The molecule has 0 bridgehead atoms. The Morgan fingerprint density at radius 1 is 0.897 bits per heavy atom. The third-order valence-electron chi connectivity index (χ3n) is 4.35. The highest BCUT2D eigenvalue weighted by Crippen LogP contribution is 2.26. The summed E-state index contributed by atoms with van der Waals surface area (Å²) in [6.45, 7) is 0.261. The topological polar surface area (TPSA) is 82.5 Å². The predicted molar refractivity (Wildman–Crippen MR) is 98.6 cm³/mol. The van der Waals surface area contributed by atoms with Crippen molar-refractivity contribution in [2.45, 2.75) is 6.54 Å². The first-order valence-corrected chi connectivity index (χ1v) is 8.68. The second-order valence-corrected chi connectivity index (χ2v) is 6.30. The number of halogens is 2. The van der Waals surface area contributed by atoms with E-state index in [1.165, 1.54) is 18.3 Å². The normalized spacial score (nSPS) is 11.2. The van der Waals surface area contributed by atoms with Crippen molar-refractivity contribution in [3.05, 3.63) is 78.6 Å². The van der Waals surface area contributed by atoms with E-state index in [4.69, 9.17) is 4.52 Å². The number of fused-ring (bicyclic) bond motifs is 1. The first-order valence-electron chi connectivity index (χ1n) is 8.68. The molecule has 2 aromatic heterocycles. The van der Waals surface area contributed by atoms with Crippen molar-refractivity contribution < 1.29 is 13.3 Å². The van der Waals surface area contributed by atoms with Gasteiger partial charge in [-0.15, -0.1) is 0 Å². The van der Waals surface area contributed by atoms with Crippen LogP contribution in [0, 0.1) is 11.6 Å². The minimum atomic E-state index is -0.479. The van der Waals surface area contributed by atoms with Crippen LogP contribution in [-0.4, -0.2) is 29.9 Å². The summed E-state index contributed by atoms with van der Waals surface area (Å²) in [6, 6.07) is 9.49. The van der Waals surface area contributed by atoms with Crippen molar-refractivity contribution in [2.24, 2.45) is 0 Å². The molecule has 1 aromatic carbocycles. The summed E-state index contributed by atoms with van der Waals surface area (Å²) in [5.41, 5.74) is 2.13. The largest absolute Gasteiger partial charge is 0.359 e. The maximum Gasteiger partial charge on any atom is 0.163 e. The van der Waals surface area contributed by atoms with Crippen LogP contribution in [0.4, 0.5) is 8.78 Å². The van der Waals surface area contributed by atoms with Gasteiger partial charge >= 0.3 is 0 Å². The molecule has 9 heteroatoms. The maximum atomic E-state index is 14.0. The molecule has 0 spiro atoms. The van der Waals surface area contributed by atoms with Crippen LogP contribution in [0.1, 0.15) is 5.76 Å². The summed E-state index contributed by atoms with van der Waals surface area (Å²) >= 11 is 0.